The number of hydrogen-bond donors (Lipinski definition) is 1. The first-order valence-electron chi connectivity index (χ1n) is 6.81. The van der Waals surface area contributed by atoms with E-state index in [4.69, 9.17) is 23.2 Å². The number of aryl methyl sites for hydroxylation is 1. The van der Waals surface area contributed by atoms with E-state index in [-0.39, 0.29) is 5.41 Å². The van der Waals surface area contributed by atoms with Crippen LogP contribution in [0.25, 0.3) is 0 Å². The molecule has 0 aliphatic carbocycles. The molecule has 3 rings (SSSR count). The zero-order valence-corrected chi connectivity index (χ0v) is 12.9. The number of nitrogens with one attached hydrogen (secondary N) is 1. The summed E-state index contributed by atoms with van der Waals surface area (Å²) in [7, 11) is 0. The quantitative estimate of drug-likeness (QED) is 0.887. The predicted octanol–water partition coefficient (Wildman–Crippen LogP) is 4.39. The maximum Gasteiger partial charge on any atom is 0.0439 e. The highest BCUT2D eigenvalue weighted by Crippen LogP contribution is 2.35. The van der Waals surface area contributed by atoms with E-state index in [0.29, 0.717) is 0 Å². The average Bonchev–Trinajstić information content (AvgIpc) is 2.39. The summed E-state index contributed by atoms with van der Waals surface area (Å²) in [5.74, 6) is 0. The molecule has 1 N–H and O–H groups in total. The van der Waals surface area contributed by atoms with Crippen LogP contribution in [-0.4, -0.2) is 13.1 Å². The number of halogens is 2. The van der Waals surface area contributed by atoms with Gasteiger partial charge in [-0.1, -0.05) is 53.0 Å². The smallest absolute Gasteiger partial charge is 0.0439 e. The van der Waals surface area contributed by atoms with Crippen LogP contribution in [-0.2, 0) is 11.8 Å². The second-order valence-corrected chi connectivity index (χ2v) is 6.51. The van der Waals surface area contributed by atoms with Crippen molar-refractivity contribution in [2.45, 2.75) is 18.8 Å². The van der Waals surface area contributed by atoms with Gasteiger partial charge >= 0.3 is 0 Å². The summed E-state index contributed by atoms with van der Waals surface area (Å²) in [4.78, 5) is 0. The molecule has 1 fully saturated rings. The largest absolute Gasteiger partial charge is 0.315 e. The Morgan fingerprint density at radius 2 is 1.75 bits per heavy atom. The van der Waals surface area contributed by atoms with Crippen LogP contribution in [0, 0.1) is 6.92 Å². The van der Waals surface area contributed by atoms with E-state index in [1.807, 2.05) is 18.2 Å². The second-order valence-electron chi connectivity index (χ2n) is 5.66. The van der Waals surface area contributed by atoms with Crippen LogP contribution >= 0.6 is 23.2 Å². The molecular weight excluding hydrogens is 289 g/mol. The number of benzene rings is 2. The van der Waals surface area contributed by atoms with Crippen molar-refractivity contribution in [1.82, 2.24) is 5.32 Å². The minimum atomic E-state index is 0.141. The van der Waals surface area contributed by atoms with E-state index in [1.54, 1.807) is 0 Å². The fourth-order valence-corrected chi connectivity index (χ4v) is 3.19. The Morgan fingerprint density at radius 3 is 2.35 bits per heavy atom. The molecule has 0 atom stereocenters. The standard InChI is InChI=1S/C17H17Cl2N/c1-12-2-4-14(5-3-12)17(10-20-11-17)9-13-8-15(18)6-7-16(13)19/h2-8,20H,9-11H2,1H3. The van der Waals surface area contributed by atoms with Crippen molar-refractivity contribution in [3.05, 3.63) is 69.2 Å². The average molecular weight is 306 g/mol. The Bertz CT molecular complexity index is 615. The normalized spacial score (nSPS) is 16.8. The maximum atomic E-state index is 6.32. The van der Waals surface area contributed by atoms with Gasteiger partial charge in [-0.3, -0.25) is 0 Å². The summed E-state index contributed by atoms with van der Waals surface area (Å²) in [6.07, 6.45) is 0.919. The lowest BCUT2D eigenvalue weighted by atomic mass is 9.71. The van der Waals surface area contributed by atoms with E-state index in [2.05, 4.69) is 36.5 Å². The molecule has 0 aromatic heterocycles. The SMILES string of the molecule is Cc1ccc(C2(Cc3cc(Cl)ccc3Cl)CNC2)cc1. The predicted molar refractivity (Wildman–Crippen MR) is 85.9 cm³/mol. The van der Waals surface area contributed by atoms with Gasteiger partial charge < -0.3 is 5.32 Å². The van der Waals surface area contributed by atoms with Gasteiger partial charge in [-0.2, -0.15) is 0 Å². The third kappa shape index (κ3) is 2.58. The van der Waals surface area contributed by atoms with Gasteiger partial charge in [-0.05, 0) is 42.7 Å². The zero-order valence-electron chi connectivity index (χ0n) is 11.4. The summed E-state index contributed by atoms with van der Waals surface area (Å²) >= 11 is 12.4. The van der Waals surface area contributed by atoms with Crippen LogP contribution < -0.4 is 5.32 Å². The van der Waals surface area contributed by atoms with E-state index < -0.39 is 0 Å². The van der Waals surface area contributed by atoms with Crippen LogP contribution in [0.5, 0.6) is 0 Å². The highest BCUT2D eigenvalue weighted by Gasteiger charge is 2.39. The molecule has 2 aromatic rings. The van der Waals surface area contributed by atoms with Gasteiger partial charge in [0.05, 0.1) is 0 Å². The van der Waals surface area contributed by atoms with Gasteiger partial charge in [-0.25, -0.2) is 0 Å². The molecule has 3 heteroatoms. The van der Waals surface area contributed by atoms with Gasteiger partial charge in [0.15, 0.2) is 0 Å². The molecule has 1 heterocycles. The molecule has 0 saturated carbocycles. The fraction of sp³-hybridized carbons (Fsp3) is 0.294. The van der Waals surface area contributed by atoms with Crippen molar-refractivity contribution in [2.75, 3.05) is 13.1 Å². The van der Waals surface area contributed by atoms with Crippen LogP contribution in [0.2, 0.25) is 10.0 Å². The Kier molecular flexibility index (Phi) is 3.76. The lowest BCUT2D eigenvalue weighted by Gasteiger charge is -2.43. The molecule has 0 bridgehead atoms. The highest BCUT2D eigenvalue weighted by atomic mass is 35.5. The minimum Gasteiger partial charge on any atom is -0.315 e. The first-order chi connectivity index (χ1) is 9.59. The first kappa shape index (κ1) is 13.9. The third-order valence-electron chi connectivity index (χ3n) is 4.13. The molecule has 0 radical (unpaired) electrons. The van der Waals surface area contributed by atoms with Gasteiger partial charge in [0, 0.05) is 28.5 Å². The van der Waals surface area contributed by atoms with Crippen molar-refractivity contribution in [3.63, 3.8) is 0 Å². The van der Waals surface area contributed by atoms with Crippen LogP contribution in [0.4, 0.5) is 0 Å². The maximum absolute atomic E-state index is 6.32. The third-order valence-corrected chi connectivity index (χ3v) is 4.73. The molecule has 1 saturated heterocycles. The van der Waals surface area contributed by atoms with Crippen molar-refractivity contribution in [2.24, 2.45) is 0 Å². The van der Waals surface area contributed by atoms with Crippen LogP contribution in [0.3, 0.4) is 0 Å². The highest BCUT2D eigenvalue weighted by molar-refractivity contribution is 6.33. The van der Waals surface area contributed by atoms with Gasteiger partial charge in [0.25, 0.3) is 0 Å². The van der Waals surface area contributed by atoms with Crippen LogP contribution in [0.15, 0.2) is 42.5 Å². The van der Waals surface area contributed by atoms with Crippen molar-refractivity contribution in [1.29, 1.82) is 0 Å². The summed E-state index contributed by atoms with van der Waals surface area (Å²) in [6.45, 7) is 4.08. The molecule has 20 heavy (non-hydrogen) atoms. The van der Waals surface area contributed by atoms with Gasteiger partial charge in [-0.15, -0.1) is 0 Å². The van der Waals surface area contributed by atoms with E-state index in [0.717, 1.165) is 35.1 Å². The number of rotatable bonds is 3. The Balaban J connectivity index is 1.93. The summed E-state index contributed by atoms with van der Waals surface area (Å²) in [5, 5.41) is 4.94. The lowest BCUT2D eigenvalue weighted by Crippen LogP contribution is -2.58. The molecule has 0 spiro atoms. The fourth-order valence-electron chi connectivity index (χ4n) is 2.81. The van der Waals surface area contributed by atoms with Gasteiger partial charge in [0.1, 0.15) is 0 Å². The van der Waals surface area contributed by atoms with Crippen molar-refractivity contribution >= 4 is 23.2 Å². The zero-order chi connectivity index (χ0) is 14.2. The molecular formula is C17H17Cl2N. The summed E-state index contributed by atoms with van der Waals surface area (Å²) in [6, 6.07) is 14.5. The Morgan fingerprint density at radius 1 is 1.05 bits per heavy atom. The van der Waals surface area contributed by atoms with Crippen molar-refractivity contribution in [3.8, 4) is 0 Å². The molecule has 1 aliphatic rings. The Hall–Kier alpha value is -1.02. The monoisotopic (exact) mass is 305 g/mol. The minimum absolute atomic E-state index is 0.141. The Labute approximate surface area is 129 Å². The van der Waals surface area contributed by atoms with Gasteiger partial charge in [0.2, 0.25) is 0 Å². The summed E-state index contributed by atoms with van der Waals surface area (Å²) < 4.78 is 0. The lowest BCUT2D eigenvalue weighted by molar-refractivity contribution is 0.275. The van der Waals surface area contributed by atoms with E-state index in [1.165, 1.54) is 11.1 Å². The molecule has 1 aliphatic heterocycles. The molecule has 104 valence electrons. The number of hydrogen-bond acceptors (Lipinski definition) is 1. The first-order valence-corrected chi connectivity index (χ1v) is 7.56. The molecule has 2 aromatic carbocycles. The molecule has 0 unspecified atom stereocenters. The molecule has 1 nitrogen and oxygen atoms in total. The van der Waals surface area contributed by atoms with Crippen molar-refractivity contribution < 1.29 is 0 Å². The second kappa shape index (κ2) is 5.40. The van der Waals surface area contributed by atoms with E-state index in [9.17, 15) is 0 Å². The topological polar surface area (TPSA) is 12.0 Å². The van der Waals surface area contributed by atoms with E-state index >= 15 is 0 Å². The molecule has 0 amide bonds. The van der Waals surface area contributed by atoms with Crippen LogP contribution in [0.1, 0.15) is 16.7 Å². The summed E-state index contributed by atoms with van der Waals surface area (Å²) in [5.41, 5.74) is 3.93.